The minimum atomic E-state index is 0.319. The molecule has 5 heteroatoms. The Morgan fingerprint density at radius 3 is 2.36 bits per heavy atom. The lowest BCUT2D eigenvalue weighted by Gasteiger charge is -2.29. The monoisotopic (exact) mass is 299 g/mol. The van der Waals surface area contributed by atoms with Crippen LogP contribution in [0.2, 0.25) is 0 Å². The Morgan fingerprint density at radius 1 is 1.05 bits per heavy atom. The highest BCUT2D eigenvalue weighted by Gasteiger charge is 2.31. The van der Waals surface area contributed by atoms with Gasteiger partial charge in [-0.05, 0) is 31.5 Å². The van der Waals surface area contributed by atoms with Gasteiger partial charge in [0.05, 0.1) is 13.2 Å². The van der Waals surface area contributed by atoms with Gasteiger partial charge in [0.25, 0.3) is 5.82 Å². The Balaban J connectivity index is 2.00. The maximum absolute atomic E-state index is 2.36. The first-order valence-electron chi connectivity index (χ1n) is 7.77. The summed E-state index contributed by atoms with van der Waals surface area (Å²) in [7, 11) is 4.16. The van der Waals surface area contributed by atoms with Crippen LogP contribution in [0.3, 0.4) is 0 Å². The summed E-state index contributed by atoms with van der Waals surface area (Å²) in [6.45, 7) is 6.68. The maximum Gasteiger partial charge on any atom is 0.289 e. The van der Waals surface area contributed by atoms with Crippen LogP contribution in [0, 0.1) is 0 Å². The van der Waals surface area contributed by atoms with E-state index in [1.807, 2.05) is 19.3 Å². The van der Waals surface area contributed by atoms with Gasteiger partial charge in [-0.3, -0.25) is 0 Å². The average Bonchev–Trinajstić information content (AvgIpc) is 3.06. The summed E-state index contributed by atoms with van der Waals surface area (Å²) >= 11 is 0. The molecule has 0 saturated heterocycles. The first-order valence-corrected chi connectivity index (χ1v) is 7.77. The van der Waals surface area contributed by atoms with Crippen molar-refractivity contribution in [2.24, 2.45) is 14.1 Å². The molecule has 0 fully saturated rings. The number of anilines is 1. The van der Waals surface area contributed by atoms with Crippen LogP contribution in [0.15, 0.2) is 49.1 Å². The molecule has 1 aliphatic heterocycles. The average molecular weight is 299 g/mol. The van der Waals surface area contributed by atoms with Gasteiger partial charge in [-0.2, -0.15) is 0 Å². The zero-order valence-corrected chi connectivity index (χ0v) is 14.0. The second-order valence-electron chi connectivity index (χ2n) is 6.09. The van der Waals surface area contributed by atoms with Crippen LogP contribution in [-0.4, -0.2) is 21.8 Å². The highest BCUT2D eigenvalue weighted by atomic mass is 15.5. The zero-order chi connectivity index (χ0) is 15.9. The third-order valence-electron chi connectivity index (χ3n) is 4.38. The molecule has 1 aliphatic rings. The largest absolute Gasteiger partial charge is 0.340 e. The first kappa shape index (κ1) is 14.6. The van der Waals surface area contributed by atoms with E-state index >= 15 is 0 Å². The fourth-order valence-electron chi connectivity index (χ4n) is 3.12. The first-order chi connectivity index (χ1) is 10.5. The lowest BCUT2D eigenvalue weighted by atomic mass is 10.3. The minimum Gasteiger partial charge on any atom is -0.340 e. The molecule has 0 saturated carbocycles. The van der Waals surface area contributed by atoms with E-state index in [4.69, 9.17) is 0 Å². The van der Waals surface area contributed by atoms with Gasteiger partial charge in [0.1, 0.15) is 12.4 Å². The van der Waals surface area contributed by atoms with Crippen LogP contribution < -0.4 is 14.1 Å². The van der Waals surface area contributed by atoms with Crippen LogP contribution >= 0.6 is 0 Å². The Morgan fingerprint density at radius 2 is 1.77 bits per heavy atom. The Kier molecular flexibility index (Phi) is 3.64. The normalized spacial score (nSPS) is 17.8. The van der Waals surface area contributed by atoms with Gasteiger partial charge in [0.15, 0.2) is 7.05 Å². The zero-order valence-electron chi connectivity index (χ0n) is 14.0. The van der Waals surface area contributed by atoms with E-state index in [0.717, 1.165) is 5.82 Å². The van der Waals surface area contributed by atoms with Gasteiger partial charge in [0.2, 0.25) is 12.0 Å². The molecule has 0 spiro atoms. The fourth-order valence-corrected chi connectivity index (χ4v) is 3.12. The highest BCUT2D eigenvalue weighted by Crippen LogP contribution is 2.23. The van der Waals surface area contributed by atoms with E-state index in [0.29, 0.717) is 12.2 Å². The van der Waals surface area contributed by atoms with Crippen molar-refractivity contribution in [1.82, 2.24) is 9.58 Å². The van der Waals surface area contributed by atoms with Crippen molar-refractivity contribution in [2.75, 3.05) is 4.90 Å². The fraction of sp³-hybridized carbons (Fsp3) is 0.412. The Bertz CT molecular complexity index is 701. The molecule has 2 aromatic heterocycles. The van der Waals surface area contributed by atoms with Crippen molar-refractivity contribution in [2.45, 2.75) is 33.0 Å². The summed E-state index contributed by atoms with van der Waals surface area (Å²) in [5.41, 5.74) is 0. The van der Waals surface area contributed by atoms with Gasteiger partial charge in [-0.1, -0.05) is 4.68 Å². The number of nitrogens with zero attached hydrogens (tertiary/aromatic N) is 5. The van der Waals surface area contributed by atoms with Crippen LogP contribution in [0.1, 0.15) is 20.8 Å². The predicted molar refractivity (Wildman–Crippen MR) is 86.2 cm³/mol. The second kappa shape index (κ2) is 5.48. The molecule has 22 heavy (non-hydrogen) atoms. The van der Waals surface area contributed by atoms with E-state index in [-0.39, 0.29) is 0 Å². The third kappa shape index (κ3) is 2.26. The molecule has 0 N–H and O–H groups in total. The summed E-state index contributed by atoms with van der Waals surface area (Å²) < 4.78 is 6.43. The van der Waals surface area contributed by atoms with Gasteiger partial charge in [-0.15, -0.1) is 0 Å². The molecule has 0 amide bonds. The van der Waals surface area contributed by atoms with Crippen molar-refractivity contribution in [1.29, 1.82) is 0 Å². The minimum absolute atomic E-state index is 0.319. The number of aryl methyl sites for hydroxylation is 1. The Hall–Kier alpha value is -2.30. The van der Waals surface area contributed by atoms with Gasteiger partial charge < -0.3 is 4.90 Å². The molecule has 0 radical (unpaired) electrons. The summed E-state index contributed by atoms with van der Waals surface area (Å²) in [5.74, 6) is 2.31. The molecule has 1 atom stereocenters. The third-order valence-corrected chi connectivity index (χ3v) is 4.38. The van der Waals surface area contributed by atoms with Gasteiger partial charge in [0, 0.05) is 30.4 Å². The molecule has 5 nitrogen and oxygen atoms in total. The molecule has 0 bridgehead atoms. The summed E-state index contributed by atoms with van der Waals surface area (Å²) in [4.78, 5) is 4.68. The number of rotatable bonds is 3. The SMILES string of the molecule is CC(C)N1C=CN(c2cccc(-n3ccc[n+]3C)[n+]2C)[C@@H]1C. The smallest absolute Gasteiger partial charge is 0.289 e. The molecule has 0 unspecified atom stereocenters. The predicted octanol–water partition coefficient (Wildman–Crippen LogP) is 1.47. The highest BCUT2D eigenvalue weighted by molar-refractivity contribution is 5.42. The summed E-state index contributed by atoms with van der Waals surface area (Å²) in [5, 5.41) is 0. The van der Waals surface area contributed by atoms with Gasteiger partial charge >= 0.3 is 0 Å². The van der Waals surface area contributed by atoms with Crippen molar-refractivity contribution in [3.05, 3.63) is 49.1 Å². The van der Waals surface area contributed by atoms with Crippen molar-refractivity contribution in [3.8, 4) is 5.82 Å². The quantitative estimate of drug-likeness (QED) is 0.800. The molecule has 0 aromatic carbocycles. The van der Waals surface area contributed by atoms with Gasteiger partial charge in [-0.25, -0.2) is 9.47 Å². The molecular weight excluding hydrogens is 274 g/mol. The van der Waals surface area contributed by atoms with E-state index in [9.17, 15) is 0 Å². The van der Waals surface area contributed by atoms with E-state index in [1.54, 1.807) is 0 Å². The van der Waals surface area contributed by atoms with E-state index in [1.165, 1.54) is 5.82 Å². The molecule has 116 valence electrons. The maximum atomic E-state index is 2.36. The Labute approximate surface area is 132 Å². The van der Waals surface area contributed by atoms with Crippen molar-refractivity contribution < 1.29 is 9.25 Å². The van der Waals surface area contributed by atoms with E-state index < -0.39 is 0 Å². The molecular formula is C17H25N5+2. The number of aromatic nitrogens is 3. The molecule has 0 aliphatic carbocycles. The molecule has 2 aromatic rings. The lowest BCUT2D eigenvalue weighted by Crippen LogP contribution is -2.49. The van der Waals surface area contributed by atoms with Crippen LogP contribution in [0.4, 0.5) is 5.82 Å². The van der Waals surface area contributed by atoms with Crippen LogP contribution in [0.5, 0.6) is 0 Å². The topological polar surface area (TPSA) is 19.2 Å². The number of hydrogen-bond donors (Lipinski definition) is 0. The molecule has 3 rings (SSSR count). The molecule has 3 heterocycles. The van der Waals surface area contributed by atoms with Crippen LogP contribution in [0.25, 0.3) is 5.82 Å². The summed E-state index contributed by atoms with van der Waals surface area (Å²) in [6, 6.07) is 8.95. The van der Waals surface area contributed by atoms with E-state index in [2.05, 4.69) is 88.3 Å². The standard InChI is InChI=1S/C17H25N5/c1-14(2)20-12-13-21(15(20)3)16-8-6-9-17(19(16)5)22-11-7-10-18(22)4/h6-15H,1-5H3/q+2/t15-/m1/s1. The number of pyridine rings is 1. The summed E-state index contributed by atoms with van der Waals surface area (Å²) in [6.07, 6.45) is 8.78. The van der Waals surface area contributed by atoms with Crippen molar-refractivity contribution in [3.63, 3.8) is 0 Å². The van der Waals surface area contributed by atoms with Crippen LogP contribution in [-0.2, 0) is 14.1 Å². The van der Waals surface area contributed by atoms with Crippen molar-refractivity contribution >= 4 is 5.82 Å². The lowest BCUT2D eigenvalue weighted by molar-refractivity contribution is -0.763. The second-order valence-corrected chi connectivity index (χ2v) is 6.09. The number of hydrogen-bond acceptors (Lipinski definition) is 2.